The molecule has 3 rings (SSSR count). The Morgan fingerprint density at radius 1 is 1.38 bits per heavy atom. The maximum atomic E-state index is 12.8. The van der Waals surface area contributed by atoms with E-state index in [1.807, 2.05) is 30.9 Å². The molecular weight excluding hydrogens is 324 g/mol. The second-order valence-corrected chi connectivity index (χ2v) is 7.31. The normalized spacial score (nSPS) is 15.2. The predicted octanol–water partition coefficient (Wildman–Crippen LogP) is 2.05. The molecule has 1 unspecified atom stereocenters. The number of H-pyrrole nitrogens is 1. The van der Waals surface area contributed by atoms with Crippen molar-refractivity contribution in [2.75, 3.05) is 6.54 Å². The lowest BCUT2D eigenvalue weighted by Crippen LogP contribution is -2.40. The van der Waals surface area contributed by atoms with Crippen molar-refractivity contribution in [3.05, 3.63) is 45.9 Å². The van der Waals surface area contributed by atoms with E-state index in [0.29, 0.717) is 18.2 Å². The molecule has 1 aromatic heterocycles. The fourth-order valence-electron chi connectivity index (χ4n) is 2.96. The Hall–Kier alpha value is -2.02. The Balaban J connectivity index is 1.69. The van der Waals surface area contributed by atoms with Gasteiger partial charge in [-0.25, -0.2) is 9.89 Å². The first-order valence-electron chi connectivity index (χ1n) is 8.27. The lowest BCUT2D eigenvalue weighted by molar-refractivity contribution is -0.131. The average Bonchev–Trinajstić information content (AvgIpc) is 2.94. The van der Waals surface area contributed by atoms with E-state index < -0.39 is 0 Å². The molecule has 1 amide bonds. The molecule has 1 aliphatic rings. The van der Waals surface area contributed by atoms with Crippen LogP contribution in [0.25, 0.3) is 0 Å². The monoisotopic (exact) mass is 346 g/mol. The van der Waals surface area contributed by atoms with Gasteiger partial charge in [-0.1, -0.05) is 43.0 Å². The first kappa shape index (κ1) is 16.8. The molecule has 1 atom stereocenters. The minimum absolute atomic E-state index is 0.0907. The van der Waals surface area contributed by atoms with E-state index in [1.165, 1.54) is 22.9 Å². The SMILES string of the molecule is CCCn1c(SC(C)C(=O)N2CCc3ccccc3C2)n[nH]c1=O. The molecule has 0 bridgehead atoms. The van der Waals surface area contributed by atoms with Gasteiger partial charge in [-0.2, -0.15) is 0 Å². The van der Waals surface area contributed by atoms with Crippen LogP contribution in [0.3, 0.4) is 0 Å². The summed E-state index contributed by atoms with van der Waals surface area (Å²) in [6, 6.07) is 8.26. The highest BCUT2D eigenvalue weighted by atomic mass is 32.2. The molecule has 128 valence electrons. The van der Waals surface area contributed by atoms with Crippen molar-refractivity contribution >= 4 is 17.7 Å². The van der Waals surface area contributed by atoms with E-state index in [9.17, 15) is 9.59 Å². The number of rotatable bonds is 5. The number of thioether (sulfide) groups is 1. The van der Waals surface area contributed by atoms with Gasteiger partial charge < -0.3 is 4.90 Å². The summed E-state index contributed by atoms with van der Waals surface area (Å²) in [6.07, 6.45) is 1.74. The Morgan fingerprint density at radius 2 is 2.12 bits per heavy atom. The summed E-state index contributed by atoms with van der Waals surface area (Å²) in [5, 5.41) is 6.83. The highest BCUT2D eigenvalue weighted by Crippen LogP contribution is 2.25. The molecule has 1 aromatic carbocycles. The predicted molar refractivity (Wildman–Crippen MR) is 94.0 cm³/mol. The first-order valence-corrected chi connectivity index (χ1v) is 9.15. The van der Waals surface area contributed by atoms with Crippen LogP contribution in [-0.4, -0.2) is 37.4 Å². The number of aromatic amines is 1. The van der Waals surface area contributed by atoms with Crippen LogP contribution < -0.4 is 5.69 Å². The number of hydrogen-bond acceptors (Lipinski definition) is 4. The van der Waals surface area contributed by atoms with Crippen LogP contribution in [0, 0.1) is 0 Å². The minimum Gasteiger partial charge on any atom is -0.337 e. The number of carbonyl (C=O) groups excluding carboxylic acids is 1. The molecule has 0 aliphatic carbocycles. The van der Waals surface area contributed by atoms with Crippen molar-refractivity contribution < 1.29 is 4.79 Å². The van der Waals surface area contributed by atoms with Crippen molar-refractivity contribution in [1.82, 2.24) is 19.7 Å². The van der Waals surface area contributed by atoms with Crippen molar-refractivity contribution in [1.29, 1.82) is 0 Å². The lowest BCUT2D eigenvalue weighted by atomic mass is 10.00. The first-order chi connectivity index (χ1) is 11.6. The van der Waals surface area contributed by atoms with Gasteiger partial charge in [-0.15, -0.1) is 5.10 Å². The highest BCUT2D eigenvalue weighted by molar-refractivity contribution is 8.00. The minimum atomic E-state index is -0.277. The molecule has 24 heavy (non-hydrogen) atoms. The van der Waals surface area contributed by atoms with E-state index in [-0.39, 0.29) is 16.8 Å². The van der Waals surface area contributed by atoms with Crippen LogP contribution >= 0.6 is 11.8 Å². The molecule has 1 aliphatic heterocycles. The Labute approximate surface area is 145 Å². The Bertz CT molecular complexity index is 783. The van der Waals surface area contributed by atoms with Crippen LogP contribution in [0.4, 0.5) is 0 Å². The summed E-state index contributed by atoms with van der Waals surface area (Å²) < 4.78 is 1.60. The molecule has 0 spiro atoms. The Morgan fingerprint density at radius 3 is 2.88 bits per heavy atom. The lowest BCUT2D eigenvalue weighted by Gasteiger charge is -2.30. The molecule has 0 saturated heterocycles. The van der Waals surface area contributed by atoms with Crippen molar-refractivity contribution in [3.63, 3.8) is 0 Å². The number of aromatic nitrogens is 3. The molecular formula is C17H22N4O2S. The summed E-state index contributed by atoms with van der Waals surface area (Å²) in [6.45, 7) is 5.89. The van der Waals surface area contributed by atoms with Gasteiger partial charge in [0.1, 0.15) is 0 Å². The quantitative estimate of drug-likeness (QED) is 0.841. The van der Waals surface area contributed by atoms with Gasteiger partial charge in [-0.05, 0) is 30.9 Å². The topological polar surface area (TPSA) is 71.0 Å². The third-order valence-electron chi connectivity index (χ3n) is 4.24. The number of fused-ring (bicyclic) bond motifs is 1. The molecule has 0 saturated carbocycles. The summed E-state index contributed by atoms with van der Waals surface area (Å²) in [7, 11) is 0. The zero-order valence-corrected chi connectivity index (χ0v) is 14.8. The fraction of sp³-hybridized carbons (Fsp3) is 0.471. The van der Waals surface area contributed by atoms with Crippen molar-refractivity contribution in [2.24, 2.45) is 0 Å². The second kappa shape index (κ2) is 7.25. The summed E-state index contributed by atoms with van der Waals surface area (Å²) >= 11 is 1.34. The van der Waals surface area contributed by atoms with Crippen molar-refractivity contribution in [2.45, 2.75) is 50.2 Å². The summed E-state index contributed by atoms with van der Waals surface area (Å²) in [5.41, 5.74) is 2.33. The number of nitrogens with one attached hydrogen (secondary N) is 1. The smallest absolute Gasteiger partial charge is 0.337 e. The molecule has 2 aromatic rings. The third-order valence-corrected chi connectivity index (χ3v) is 5.32. The molecule has 0 fully saturated rings. The van der Waals surface area contributed by atoms with Gasteiger partial charge in [0.05, 0.1) is 5.25 Å². The summed E-state index contributed by atoms with van der Waals surface area (Å²) in [4.78, 5) is 26.4. The number of benzene rings is 1. The second-order valence-electron chi connectivity index (χ2n) is 6.00. The van der Waals surface area contributed by atoms with E-state index >= 15 is 0 Å². The maximum absolute atomic E-state index is 12.8. The van der Waals surface area contributed by atoms with Gasteiger partial charge in [-0.3, -0.25) is 9.36 Å². The zero-order chi connectivity index (χ0) is 17.1. The van der Waals surface area contributed by atoms with Crippen LogP contribution in [-0.2, 0) is 24.3 Å². The average molecular weight is 346 g/mol. The van der Waals surface area contributed by atoms with E-state index in [4.69, 9.17) is 0 Å². The van der Waals surface area contributed by atoms with Gasteiger partial charge in [0.25, 0.3) is 0 Å². The summed E-state index contributed by atoms with van der Waals surface area (Å²) in [5.74, 6) is 0.0907. The molecule has 1 N–H and O–H groups in total. The van der Waals surface area contributed by atoms with Gasteiger partial charge in [0.15, 0.2) is 5.16 Å². The number of nitrogens with zero attached hydrogens (tertiary/aromatic N) is 3. The zero-order valence-electron chi connectivity index (χ0n) is 14.0. The van der Waals surface area contributed by atoms with Crippen LogP contribution in [0.15, 0.2) is 34.2 Å². The largest absolute Gasteiger partial charge is 0.343 e. The fourth-order valence-corrected chi connectivity index (χ4v) is 3.93. The number of carbonyl (C=O) groups is 1. The molecule has 0 radical (unpaired) electrons. The van der Waals surface area contributed by atoms with Crippen molar-refractivity contribution in [3.8, 4) is 0 Å². The Kier molecular flexibility index (Phi) is 5.08. The number of amides is 1. The van der Waals surface area contributed by atoms with E-state index in [1.54, 1.807) is 4.57 Å². The van der Waals surface area contributed by atoms with Gasteiger partial charge in [0.2, 0.25) is 5.91 Å². The van der Waals surface area contributed by atoms with Crippen LogP contribution in [0.1, 0.15) is 31.4 Å². The van der Waals surface area contributed by atoms with E-state index in [2.05, 4.69) is 22.3 Å². The van der Waals surface area contributed by atoms with Crippen LogP contribution in [0.5, 0.6) is 0 Å². The van der Waals surface area contributed by atoms with Gasteiger partial charge in [0, 0.05) is 19.6 Å². The number of hydrogen-bond donors (Lipinski definition) is 1. The highest BCUT2D eigenvalue weighted by Gasteiger charge is 2.26. The standard InChI is InChI=1S/C17H22N4O2S/c1-3-9-21-16(23)18-19-17(21)24-12(2)15(22)20-10-8-13-6-4-5-7-14(13)11-20/h4-7,12H,3,8-11H2,1-2H3,(H,18,23). The molecule has 6 nitrogen and oxygen atoms in total. The maximum Gasteiger partial charge on any atom is 0.343 e. The molecule has 7 heteroatoms. The van der Waals surface area contributed by atoms with Gasteiger partial charge >= 0.3 is 5.69 Å². The van der Waals surface area contributed by atoms with Crippen LogP contribution in [0.2, 0.25) is 0 Å². The third kappa shape index (κ3) is 3.40. The van der Waals surface area contributed by atoms with E-state index in [0.717, 1.165) is 19.4 Å². The molecule has 2 heterocycles.